The molecule has 1 aliphatic rings. The number of likely N-dealkylation sites (tertiary alicyclic amines) is 1. The Labute approximate surface area is 180 Å². The Balaban J connectivity index is 2.09. The fourth-order valence-corrected chi connectivity index (χ4v) is 3.96. The van der Waals surface area contributed by atoms with Gasteiger partial charge < -0.3 is 14.9 Å². The van der Waals surface area contributed by atoms with E-state index >= 15 is 0 Å². The number of Topliss-reactive ketones (excluding diaryl/α,β-unsaturated/α-hetero) is 1. The number of rotatable bonds is 7. The molecule has 0 saturated carbocycles. The van der Waals surface area contributed by atoms with E-state index < -0.39 is 29.3 Å². The summed E-state index contributed by atoms with van der Waals surface area (Å²) in [4.78, 5) is 28.5. The summed E-state index contributed by atoms with van der Waals surface area (Å²) in [6.45, 7) is 6.87. The highest BCUT2D eigenvalue weighted by atomic mass is 35.5. The number of carbonyl (C=O) groups excluding carboxylic acids is 2. The van der Waals surface area contributed by atoms with Gasteiger partial charge in [0.15, 0.2) is 0 Å². The van der Waals surface area contributed by atoms with E-state index in [9.17, 15) is 19.1 Å². The van der Waals surface area contributed by atoms with E-state index in [1.807, 2.05) is 0 Å². The molecular formula is C23H24ClFN2O3. The van der Waals surface area contributed by atoms with Crippen molar-refractivity contribution in [3.05, 3.63) is 76.1 Å². The second kappa shape index (κ2) is 9.41. The molecule has 0 aromatic heterocycles. The van der Waals surface area contributed by atoms with Crippen molar-refractivity contribution in [3.63, 3.8) is 0 Å². The molecular weight excluding hydrogens is 407 g/mol. The van der Waals surface area contributed by atoms with Crippen molar-refractivity contribution in [3.8, 4) is 0 Å². The molecule has 1 N–H and O–H groups in total. The lowest BCUT2D eigenvalue weighted by Crippen LogP contribution is -3.12. The third-order valence-electron chi connectivity index (χ3n) is 5.51. The molecule has 0 aliphatic carbocycles. The van der Waals surface area contributed by atoms with Gasteiger partial charge >= 0.3 is 0 Å². The zero-order chi connectivity index (χ0) is 21.8. The Morgan fingerprint density at radius 2 is 1.80 bits per heavy atom. The van der Waals surface area contributed by atoms with Crippen LogP contribution in [-0.4, -0.2) is 42.8 Å². The van der Waals surface area contributed by atoms with Crippen LogP contribution in [0.5, 0.6) is 0 Å². The number of amides is 1. The van der Waals surface area contributed by atoms with Crippen molar-refractivity contribution < 1.29 is 24.0 Å². The number of nitrogens with zero attached hydrogens (tertiary/aromatic N) is 1. The van der Waals surface area contributed by atoms with E-state index in [0.717, 1.165) is 25.2 Å². The summed E-state index contributed by atoms with van der Waals surface area (Å²) in [7, 11) is 0. The first-order valence-corrected chi connectivity index (χ1v) is 10.4. The third kappa shape index (κ3) is 4.40. The monoisotopic (exact) mass is 430 g/mol. The van der Waals surface area contributed by atoms with Gasteiger partial charge in [-0.3, -0.25) is 9.59 Å². The van der Waals surface area contributed by atoms with Gasteiger partial charge in [0.25, 0.3) is 5.91 Å². The van der Waals surface area contributed by atoms with Gasteiger partial charge in [0.2, 0.25) is 5.78 Å². The number of ketones is 1. The quantitative estimate of drug-likeness (QED) is 0.412. The predicted molar refractivity (Wildman–Crippen MR) is 111 cm³/mol. The average Bonchev–Trinajstić information content (AvgIpc) is 2.99. The van der Waals surface area contributed by atoms with Gasteiger partial charge in [-0.1, -0.05) is 41.6 Å². The number of carbonyl (C=O) groups is 2. The lowest BCUT2D eigenvalue weighted by molar-refractivity contribution is -0.895. The summed E-state index contributed by atoms with van der Waals surface area (Å²) >= 11 is 6.15. The number of nitrogens with one attached hydrogen (secondary N) is 1. The van der Waals surface area contributed by atoms with Crippen molar-refractivity contribution in [2.75, 3.05) is 26.2 Å². The Kier molecular flexibility index (Phi) is 6.90. The van der Waals surface area contributed by atoms with E-state index in [4.69, 9.17) is 11.6 Å². The first kappa shape index (κ1) is 22.0. The van der Waals surface area contributed by atoms with E-state index in [1.165, 1.54) is 21.9 Å². The highest BCUT2D eigenvalue weighted by Gasteiger charge is 2.44. The Morgan fingerprint density at radius 1 is 1.13 bits per heavy atom. The van der Waals surface area contributed by atoms with Crippen molar-refractivity contribution in [1.82, 2.24) is 4.90 Å². The number of likely N-dealkylation sites (N-methyl/N-ethyl adjacent to an activating group) is 1. The zero-order valence-electron chi connectivity index (χ0n) is 17.0. The number of quaternary nitrogens is 1. The number of benzene rings is 2. The Hall–Kier alpha value is -2.70. The van der Waals surface area contributed by atoms with Crippen LogP contribution in [-0.2, 0) is 9.59 Å². The molecule has 7 heteroatoms. The van der Waals surface area contributed by atoms with Crippen LogP contribution in [0.1, 0.15) is 31.0 Å². The molecule has 1 saturated heterocycles. The Morgan fingerprint density at radius 3 is 2.40 bits per heavy atom. The van der Waals surface area contributed by atoms with Gasteiger partial charge in [-0.25, -0.2) is 4.39 Å². The molecule has 1 unspecified atom stereocenters. The summed E-state index contributed by atoms with van der Waals surface area (Å²) < 4.78 is 13.3. The number of hydrogen-bond acceptors (Lipinski definition) is 3. The van der Waals surface area contributed by atoms with Crippen LogP contribution in [0.3, 0.4) is 0 Å². The topological polar surface area (TPSA) is 64.9 Å². The minimum atomic E-state index is -0.823. The van der Waals surface area contributed by atoms with Crippen LogP contribution in [0.15, 0.2) is 54.1 Å². The van der Waals surface area contributed by atoms with Crippen molar-refractivity contribution >= 4 is 29.1 Å². The van der Waals surface area contributed by atoms with Gasteiger partial charge in [-0.05, 0) is 49.2 Å². The number of hydrogen-bond donors (Lipinski definition) is 1. The zero-order valence-corrected chi connectivity index (χ0v) is 17.7. The van der Waals surface area contributed by atoms with E-state index in [2.05, 4.69) is 13.8 Å². The van der Waals surface area contributed by atoms with Crippen molar-refractivity contribution in [1.29, 1.82) is 0 Å². The van der Waals surface area contributed by atoms with Gasteiger partial charge in [-0.15, -0.1) is 0 Å². The molecule has 0 bridgehead atoms. The molecule has 1 aliphatic heterocycles. The fourth-order valence-electron chi connectivity index (χ4n) is 3.76. The molecule has 1 amide bonds. The second-order valence-electron chi connectivity index (χ2n) is 7.24. The minimum absolute atomic E-state index is 0.122. The van der Waals surface area contributed by atoms with Gasteiger partial charge in [0.1, 0.15) is 5.82 Å². The molecule has 2 aromatic rings. The average molecular weight is 431 g/mol. The summed E-state index contributed by atoms with van der Waals surface area (Å²) in [5.41, 5.74) is 0.640. The lowest BCUT2D eigenvalue weighted by atomic mass is 9.95. The normalized spacial score (nSPS) is 18.4. The SMILES string of the molecule is CC[NH+](CC)CCN1C(=O)C(=O)C(=C([O-])c2ccc(F)cc2)C1c1cccc(Cl)c1. The molecule has 30 heavy (non-hydrogen) atoms. The highest BCUT2D eigenvalue weighted by molar-refractivity contribution is 6.46. The lowest BCUT2D eigenvalue weighted by Gasteiger charge is -2.28. The van der Waals surface area contributed by atoms with Crippen LogP contribution < -0.4 is 10.0 Å². The predicted octanol–water partition coefficient (Wildman–Crippen LogP) is 1.63. The van der Waals surface area contributed by atoms with Crippen molar-refractivity contribution in [2.24, 2.45) is 0 Å². The number of halogens is 2. The Bertz CT molecular complexity index is 971. The van der Waals surface area contributed by atoms with Crippen LogP contribution in [0.4, 0.5) is 4.39 Å². The minimum Gasteiger partial charge on any atom is -0.872 e. The maximum atomic E-state index is 13.3. The summed E-state index contributed by atoms with van der Waals surface area (Å²) in [5, 5.41) is 13.6. The van der Waals surface area contributed by atoms with Crippen LogP contribution >= 0.6 is 11.6 Å². The molecule has 0 spiro atoms. The molecule has 1 atom stereocenters. The van der Waals surface area contributed by atoms with Gasteiger partial charge in [0.05, 0.1) is 32.2 Å². The first-order chi connectivity index (χ1) is 14.4. The van der Waals surface area contributed by atoms with Crippen LogP contribution in [0.25, 0.3) is 5.76 Å². The summed E-state index contributed by atoms with van der Waals surface area (Å²) in [5.74, 6) is -2.57. The first-order valence-electron chi connectivity index (χ1n) is 9.98. The summed E-state index contributed by atoms with van der Waals surface area (Å²) in [6, 6.07) is 11.0. The molecule has 2 aromatic carbocycles. The second-order valence-corrected chi connectivity index (χ2v) is 7.68. The van der Waals surface area contributed by atoms with Gasteiger partial charge in [-0.2, -0.15) is 0 Å². The molecule has 1 fully saturated rings. The van der Waals surface area contributed by atoms with Crippen LogP contribution in [0, 0.1) is 5.82 Å². The van der Waals surface area contributed by atoms with Crippen LogP contribution in [0.2, 0.25) is 5.02 Å². The molecule has 3 rings (SSSR count). The maximum Gasteiger partial charge on any atom is 0.295 e. The molecule has 0 radical (unpaired) electrons. The smallest absolute Gasteiger partial charge is 0.295 e. The third-order valence-corrected chi connectivity index (χ3v) is 5.74. The highest BCUT2D eigenvalue weighted by Crippen LogP contribution is 2.38. The van der Waals surface area contributed by atoms with Gasteiger partial charge in [0, 0.05) is 10.6 Å². The van der Waals surface area contributed by atoms with E-state index in [1.54, 1.807) is 24.3 Å². The molecule has 5 nitrogen and oxygen atoms in total. The maximum absolute atomic E-state index is 13.3. The van der Waals surface area contributed by atoms with Crippen molar-refractivity contribution in [2.45, 2.75) is 19.9 Å². The fraction of sp³-hybridized carbons (Fsp3) is 0.304. The molecule has 1 heterocycles. The van der Waals surface area contributed by atoms with E-state index in [-0.39, 0.29) is 11.1 Å². The standard InChI is InChI=1S/C23H24ClFN2O3/c1-3-26(4-2)12-13-27-20(16-6-5-7-17(24)14-16)19(22(29)23(27)30)21(28)15-8-10-18(25)11-9-15/h5-11,14,20,28H,3-4,12-13H2,1-2H3. The van der Waals surface area contributed by atoms with E-state index in [0.29, 0.717) is 23.7 Å². The molecule has 158 valence electrons. The summed E-state index contributed by atoms with van der Waals surface area (Å²) in [6.07, 6.45) is 0. The largest absolute Gasteiger partial charge is 0.872 e.